The Morgan fingerprint density at radius 3 is 2.33 bits per heavy atom. The SMILES string of the molecule is Cc1ccc(C)n1-c1ccc(OCc2ccc(C(=O)N/N=C/c3cc(Cl)c(OCc4ccc(Cl)c(Cl)c4)c([N+](=O)[O-])c3)o2)cc1. The summed E-state index contributed by atoms with van der Waals surface area (Å²) in [6.07, 6.45) is 1.22. The maximum atomic E-state index is 12.6. The lowest BCUT2D eigenvalue weighted by atomic mass is 10.2. The van der Waals surface area contributed by atoms with Gasteiger partial charge < -0.3 is 18.5 Å². The standard InChI is InChI=1S/C32H25Cl3N4O6/c1-19-3-4-20(2)38(19)23-6-8-24(9-7-23)43-18-25-10-12-30(45-25)32(40)37-36-16-22-14-28(35)31(29(15-22)39(41)42)44-17-21-5-11-26(33)27(34)13-21/h3-16H,17-18H2,1-2H3,(H,37,40)/b36-16+. The van der Waals surface area contributed by atoms with E-state index in [0.29, 0.717) is 27.1 Å². The van der Waals surface area contributed by atoms with E-state index in [0.717, 1.165) is 17.1 Å². The molecule has 0 spiro atoms. The minimum Gasteiger partial charge on any atom is -0.486 e. The number of furan rings is 1. The molecule has 10 nitrogen and oxygen atoms in total. The zero-order chi connectivity index (χ0) is 32.1. The molecule has 2 heterocycles. The number of ether oxygens (including phenoxy) is 2. The Morgan fingerprint density at radius 2 is 1.64 bits per heavy atom. The van der Waals surface area contributed by atoms with Crippen LogP contribution in [-0.2, 0) is 13.2 Å². The van der Waals surface area contributed by atoms with Crippen LogP contribution in [-0.4, -0.2) is 21.6 Å². The summed E-state index contributed by atoms with van der Waals surface area (Å²) in [6.45, 7) is 4.17. The molecule has 0 aliphatic carbocycles. The third-order valence-electron chi connectivity index (χ3n) is 6.62. The molecule has 0 aliphatic heterocycles. The molecule has 45 heavy (non-hydrogen) atoms. The largest absolute Gasteiger partial charge is 0.486 e. The Balaban J connectivity index is 1.17. The fraction of sp³-hybridized carbons (Fsp3) is 0.125. The first-order chi connectivity index (χ1) is 21.6. The molecule has 0 unspecified atom stereocenters. The summed E-state index contributed by atoms with van der Waals surface area (Å²) < 4.78 is 19.2. The number of carbonyl (C=O) groups excluding carboxylic acids is 1. The molecule has 0 aliphatic rings. The van der Waals surface area contributed by atoms with Crippen molar-refractivity contribution >= 4 is 52.6 Å². The summed E-state index contributed by atoms with van der Waals surface area (Å²) in [5, 5.41) is 16.3. The molecule has 0 fully saturated rings. The topological polar surface area (TPSA) is 121 Å². The molecular formula is C32H25Cl3N4O6. The first-order valence-electron chi connectivity index (χ1n) is 13.4. The van der Waals surface area contributed by atoms with Crippen LogP contribution >= 0.6 is 34.8 Å². The maximum Gasteiger partial charge on any atom is 0.313 e. The number of nitro benzene ring substituents is 1. The number of nitrogens with zero attached hydrogens (tertiary/aromatic N) is 3. The van der Waals surface area contributed by atoms with Gasteiger partial charge in [0.05, 0.1) is 26.2 Å². The van der Waals surface area contributed by atoms with Crippen LogP contribution in [0.5, 0.6) is 11.5 Å². The van der Waals surface area contributed by atoms with Gasteiger partial charge in [0.15, 0.2) is 5.76 Å². The highest BCUT2D eigenvalue weighted by Crippen LogP contribution is 2.36. The van der Waals surface area contributed by atoms with Crippen molar-refractivity contribution < 1.29 is 23.6 Å². The van der Waals surface area contributed by atoms with Crippen molar-refractivity contribution in [3.05, 3.63) is 138 Å². The summed E-state index contributed by atoms with van der Waals surface area (Å²) in [4.78, 5) is 23.7. The molecule has 3 aromatic carbocycles. The van der Waals surface area contributed by atoms with Gasteiger partial charge in [-0.05, 0) is 86.1 Å². The summed E-state index contributed by atoms with van der Waals surface area (Å²) in [5.74, 6) is 0.341. The lowest BCUT2D eigenvalue weighted by molar-refractivity contribution is -0.385. The van der Waals surface area contributed by atoms with E-state index in [1.807, 2.05) is 38.1 Å². The molecular weight excluding hydrogens is 643 g/mol. The monoisotopic (exact) mass is 666 g/mol. The minimum absolute atomic E-state index is 0.00900. The number of rotatable bonds is 11. The maximum absolute atomic E-state index is 12.6. The normalized spacial score (nSPS) is 11.1. The highest BCUT2D eigenvalue weighted by Gasteiger charge is 2.21. The van der Waals surface area contributed by atoms with E-state index in [2.05, 4.69) is 27.2 Å². The van der Waals surface area contributed by atoms with E-state index in [-0.39, 0.29) is 41.0 Å². The molecule has 2 aromatic heterocycles. The molecule has 0 saturated heterocycles. The number of carbonyl (C=O) groups is 1. The van der Waals surface area contributed by atoms with Crippen molar-refractivity contribution in [1.82, 2.24) is 9.99 Å². The summed E-state index contributed by atoms with van der Waals surface area (Å²) in [6, 6.07) is 22.4. The van der Waals surface area contributed by atoms with Crippen LogP contribution in [0.1, 0.15) is 38.8 Å². The summed E-state index contributed by atoms with van der Waals surface area (Å²) in [7, 11) is 0. The second-order valence-electron chi connectivity index (χ2n) is 9.84. The number of hydrogen-bond donors (Lipinski definition) is 1. The van der Waals surface area contributed by atoms with E-state index in [9.17, 15) is 14.9 Å². The van der Waals surface area contributed by atoms with Gasteiger partial charge in [0.25, 0.3) is 0 Å². The molecule has 1 amide bonds. The van der Waals surface area contributed by atoms with Crippen LogP contribution in [0.25, 0.3) is 5.69 Å². The Labute approximate surface area is 272 Å². The second kappa shape index (κ2) is 13.9. The van der Waals surface area contributed by atoms with Crippen LogP contribution in [0.4, 0.5) is 5.69 Å². The van der Waals surface area contributed by atoms with Crippen LogP contribution in [0, 0.1) is 24.0 Å². The zero-order valence-corrected chi connectivity index (χ0v) is 26.2. The van der Waals surface area contributed by atoms with E-state index < -0.39 is 10.8 Å². The van der Waals surface area contributed by atoms with Crippen molar-refractivity contribution in [1.29, 1.82) is 0 Å². The van der Waals surface area contributed by atoms with Gasteiger partial charge in [-0.1, -0.05) is 40.9 Å². The quantitative estimate of drug-likeness (QED) is 0.0857. The van der Waals surface area contributed by atoms with E-state index in [4.69, 9.17) is 48.7 Å². The highest BCUT2D eigenvalue weighted by atomic mass is 35.5. The average molecular weight is 668 g/mol. The van der Waals surface area contributed by atoms with Gasteiger partial charge in [0.2, 0.25) is 5.75 Å². The average Bonchev–Trinajstić information content (AvgIpc) is 3.63. The van der Waals surface area contributed by atoms with Gasteiger partial charge >= 0.3 is 11.6 Å². The van der Waals surface area contributed by atoms with Crippen molar-refractivity contribution in [2.75, 3.05) is 0 Å². The summed E-state index contributed by atoms with van der Waals surface area (Å²) >= 11 is 18.3. The fourth-order valence-electron chi connectivity index (χ4n) is 4.46. The molecule has 13 heteroatoms. The third kappa shape index (κ3) is 7.66. The van der Waals surface area contributed by atoms with Crippen LogP contribution < -0.4 is 14.9 Å². The van der Waals surface area contributed by atoms with Gasteiger partial charge in [0, 0.05) is 28.7 Å². The predicted molar refractivity (Wildman–Crippen MR) is 172 cm³/mol. The predicted octanol–water partition coefficient (Wildman–Crippen LogP) is 8.48. The Hall–Kier alpha value is -4.77. The number of aromatic nitrogens is 1. The molecule has 5 rings (SSSR count). The van der Waals surface area contributed by atoms with Crippen molar-refractivity contribution in [3.8, 4) is 17.2 Å². The fourth-order valence-corrected chi connectivity index (χ4v) is 5.05. The number of nitro groups is 1. The molecule has 5 aromatic rings. The van der Waals surface area contributed by atoms with E-state index in [1.54, 1.807) is 24.3 Å². The molecule has 0 bridgehead atoms. The Kier molecular flexibility index (Phi) is 9.77. The second-order valence-corrected chi connectivity index (χ2v) is 11.1. The minimum atomic E-state index is -0.628. The van der Waals surface area contributed by atoms with Crippen molar-refractivity contribution in [3.63, 3.8) is 0 Å². The molecule has 0 saturated carbocycles. The number of amides is 1. The Bertz CT molecular complexity index is 1880. The van der Waals surface area contributed by atoms with Crippen LogP contribution in [0.2, 0.25) is 15.1 Å². The molecule has 1 N–H and O–H groups in total. The van der Waals surface area contributed by atoms with Gasteiger partial charge in [0.1, 0.15) is 24.7 Å². The Morgan fingerprint density at radius 1 is 0.911 bits per heavy atom. The zero-order valence-electron chi connectivity index (χ0n) is 23.9. The molecule has 0 atom stereocenters. The highest BCUT2D eigenvalue weighted by molar-refractivity contribution is 6.42. The van der Waals surface area contributed by atoms with Gasteiger partial charge in [-0.15, -0.1) is 0 Å². The smallest absolute Gasteiger partial charge is 0.313 e. The number of halogens is 3. The number of aryl methyl sites for hydroxylation is 2. The number of benzene rings is 3. The van der Waals surface area contributed by atoms with Crippen molar-refractivity contribution in [2.45, 2.75) is 27.1 Å². The number of nitrogens with one attached hydrogen (secondary N) is 1. The van der Waals surface area contributed by atoms with Gasteiger partial charge in [-0.2, -0.15) is 5.10 Å². The number of hydrazone groups is 1. The number of hydrogen-bond acceptors (Lipinski definition) is 7. The first kappa shape index (κ1) is 31.6. The summed E-state index contributed by atoms with van der Waals surface area (Å²) in [5.41, 5.74) is 6.15. The van der Waals surface area contributed by atoms with E-state index in [1.165, 1.54) is 24.4 Å². The van der Waals surface area contributed by atoms with Crippen LogP contribution in [0.15, 0.2) is 88.4 Å². The van der Waals surface area contributed by atoms with E-state index >= 15 is 0 Å². The van der Waals surface area contributed by atoms with Gasteiger partial charge in [-0.25, -0.2) is 5.43 Å². The van der Waals surface area contributed by atoms with Crippen LogP contribution in [0.3, 0.4) is 0 Å². The lowest BCUT2D eigenvalue weighted by Crippen LogP contribution is -2.16. The first-order valence-corrected chi connectivity index (χ1v) is 14.6. The third-order valence-corrected chi connectivity index (χ3v) is 7.64. The molecule has 230 valence electrons. The van der Waals surface area contributed by atoms with Gasteiger partial charge in [-0.3, -0.25) is 14.9 Å². The molecule has 0 radical (unpaired) electrons. The lowest BCUT2D eigenvalue weighted by Gasteiger charge is -2.10. The van der Waals surface area contributed by atoms with Crippen molar-refractivity contribution in [2.24, 2.45) is 5.10 Å².